The minimum atomic E-state index is -0.505. The van der Waals surface area contributed by atoms with E-state index in [0.717, 1.165) is 10.9 Å². The molecule has 0 radical (unpaired) electrons. The second-order valence-corrected chi connectivity index (χ2v) is 6.14. The second kappa shape index (κ2) is 6.47. The van der Waals surface area contributed by atoms with Crippen molar-refractivity contribution >= 4 is 28.5 Å². The first-order valence-corrected chi connectivity index (χ1v) is 8.37. The predicted octanol–water partition coefficient (Wildman–Crippen LogP) is 1.02. The number of hydrogen-bond donors (Lipinski definition) is 2. The summed E-state index contributed by atoms with van der Waals surface area (Å²) in [4.78, 5) is 32.5. The minimum absolute atomic E-state index is 0.0988. The van der Waals surface area contributed by atoms with Gasteiger partial charge in [0.05, 0.1) is 11.1 Å². The van der Waals surface area contributed by atoms with E-state index in [2.05, 4.69) is 15.2 Å². The highest BCUT2D eigenvalue weighted by Crippen LogP contribution is 2.21. The maximum absolute atomic E-state index is 12.8. The van der Waals surface area contributed by atoms with E-state index in [1.807, 2.05) is 29.2 Å². The van der Waals surface area contributed by atoms with Crippen LogP contribution in [0.3, 0.4) is 0 Å². The maximum atomic E-state index is 12.8. The Kier molecular flexibility index (Phi) is 4.00. The number of amides is 2. The monoisotopic (exact) mass is 350 g/mol. The zero-order valence-corrected chi connectivity index (χ0v) is 14.1. The maximum Gasteiger partial charge on any atom is 0.275 e. The number of H-pyrrole nitrogens is 1. The van der Waals surface area contributed by atoms with Gasteiger partial charge in [-0.15, -0.1) is 0 Å². The van der Waals surface area contributed by atoms with Gasteiger partial charge in [0.25, 0.3) is 11.8 Å². The van der Waals surface area contributed by atoms with E-state index in [1.54, 1.807) is 23.2 Å². The third kappa shape index (κ3) is 2.75. The number of hydrogen-bond acceptors (Lipinski definition) is 5. The van der Waals surface area contributed by atoms with Crippen molar-refractivity contribution < 1.29 is 9.59 Å². The number of anilines is 1. The van der Waals surface area contributed by atoms with Gasteiger partial charge in [-0.05, 0) is 18.2 Å². The van der Waals surface area contributed by atoms with E-state index in [-0.39, 0.29) is 5.91 Å². The van der Waals surface area contributed by atoms with E-state index in [0.29, 0.717) is 43.3 Å². The molecule has 3 aromatic rings. The summed E-state index contributed by atoms with van der Waals surface area (Å²) in [6.07, 6.45) is 1.63. The number of carbonyl (C=O) groups excluding carboxylic acids is 2. The van der Waals surface area contributed by atoms with E-state index >= 15 is 0 Å². The molecule has 0 unspecified atom stereocenters. The van der Waals surface area contributed by atoms with Gasteiger partial charge in [-0.25, -0.2) is 4.98 Å². The van der Waals surface area contributed by atoms with E-state index in [9.17, 15) is 9.59 Å². The molecular formula is C18H18N6O2. The molecule has 0 atom stereocenters. The van der Waals surface area contributed by atoms with Crippen LogP contribution in [0.2, 0.25) is 0 Å². The number of carbonyl (C=O) groups is 2. The molecule has 1 saturated heterocycles. The molecule has 3 heterocycles. The number of primary amides is 1. The van der Waals surface area contributed by atoms with Gasteiger partial charge in [-0.1, -0.05) is 18.2 Å². The van der Waals surface area contributed by atoms with Crippen molar-refractivity contribution in [2.75, 3.05) is 31.1 Å². The minimum Gasteiger partial charge on any atom is -0.365 e. The third-order valence-corrected chi connectivity index (χ3v) is 4.59. The number of aromatic nitrogens is 3. The van der Waals surface area contributed by atoms with Crippen molar-refractivity contribution in [1.82, 2.24) is 20.1 Å². The van der Waals surface area contributed by atoms with Gasteiger partial charge in [0, 0.05) is 37.8 Å². The van der Waals surface area contributed by atoms with Crippen LogP contribution in [0.5, 0.6) is 0 Å². The van der Waals surface area contributed by atoms with Crippen molar-refractivity contribution in [1.29, 1.82) is 0 Å². The largest absolute Gasteiger partial charge is 0.365 e. The van der Waals surface area contributed by atoms with Crippen LogP contribution >= 0.6 is 0 Å². The van der Waals surface area contributed by atoms with Gasteiger partial charge in [0.2, 0.25) is 0 Å². The summed E-state index contributed by atoms with van der Waals surface area (Å²) >= 11 is 0. The number of fused-ring (bicyclic) bond motifs is 1. The molecule has 3 N–H and O–H groups in total. The third-order valence-electron chi connectivity index (χ3n) is 4.59. The van der Waals surface area contributed by atoms with Gasteiger partial charge < -0.3 is 15.5 Å². The fourth-order valence-corrected chi connectivity index (χ4v) is 3.24. The number of nitrogens with zero attached hydrogens (tertiary/aromatic N) is 4. The summed E-state index contributed by atoms with van der Waals surface area (Å²) in [5.41, 5.74) is 7.10. The molecule has 0 aliphatic carbocycles. The van der Waals surface area contributed by atoms with E-state index in [1.165, 1.54) is 0 Å². The molecular weight excluding hydrogens is 332 g/mol. The molecule has 0 bridgehead atoms. The Hall–Kier alpha value is -3.42. The molecule has 0 spiro atoms. The summed E-state index contributed by atoms with van der Waals surface area (Å²) in [7, 11) is 0. The molecule has 1 aromatic carbocycles. The summed E-state index contributed by atoms with van der Waals surface area (Å²) in [5.74, 6) is -0.0369. The highest BCUT2D eigenvalue weighted by atomic mass is 16.2. The van der Waals surface area contributed by atoms with Gasteiger partial charge in [-0.3, -0.25) is 14.7 Å². The van der Waals surface area contributed by atoms with Crippen molar-refractivity contribution in [2.45, 2.75) is 0 Å². The fraction of sp³-hybridized carbons (Fsp3) is 0.222. The van der Waals surface area contributed by atoms with Crippen LogP contribution in [0.4, 0.5) is 5.82 Å². The Morgan fingerprint density at radius 3 is 2.58 bits per heavy atom. The molecule has 1 fully saturated rings. The predicted molar refractivity (Wildman–Crippen MR) is 97.0 cm³/mol. The highest BCUT2D eigenvalue weighted by Gasteiger charge is 2.27. The van der Waals surface area contributed by atoms with Gasteiger partial charge in [0.1, 0.15) is 5.82 Å². The van der Waals surface area contributed by atoms with Gasteiger partial charge >= 0.3 is 0 Å². The Labute approximate surface area is 149 Å². The van der Waals surface area contributed by atoms with Gasteiger partial charge in [0.15, 0.2) is 5.69 Å². The lowest BCUT2D eigenvalue weighted by molar-refractivity contribution is 0.0741. The Morgan fingerprint density at radius 2 is 1.81 bits per heavy atom. The lowest BCUT2D eigenvalue weighted by Crippen LogP contribution is -2.49. The first-order valence-electron chi connectivity index (χ1n) is 8.37. The molecule has 0 saturated carbocycles. The zero-order valence-electron chi connectivity index (χ0n) is 14.1. The molecule has 4 rings (SSSR count). The number of nitrogens with one attached hydrogen (secondary N) is 1. The van der Waals surface area contributed by atoms with Crippen LogP contribution in [-0.4, -0.2) is 58.1 Å². The van der Waals surface area contributed by atoms with Crippen LogP contribution < -0.4 is 10.6 Å². The van der Waals surface area contributed by atoms with Crippen molar-refractivity contribution in [3.63, 3.8) is 0 Å². The second-order valence-electron chi connectivity index (χ2n) is 6.14. The smallest absolute Gasteiger partial charge is 0.275 e. The summed E-state index contributed by atoms with van der Waals surface area (Å²) in [6.45, 7) is 2.19. The Bertz CT molecular complexity index is 974. The van der Waals surface area contributed by atoms with Crippen LogP contribution in [-0.2, 0) is 0 Å². The normalized spacial score (nSPS) is 14.6. The average Bonchev–Trinajstić information content (AvgIpc) is 3.11. The van der Waals surface area contributed by atoms with Gasteiger partial charge in [-0.2, -0.15) is 5.10 Å². The van der Waals surface area contributed by atoms with E-state index < -0.39 is 5.91 Å². The van der Waals surface area contributed by atoms with Crippen LogP contribution in [0, 0.1) is 0 Å². The molecule has 132 valence electrons. The molecule has 1 aliphatic rings. The van der Waals surface area contributed by atoms with Crippen LogP contribution in [0.25, 0.3) is 10.9 Å². The standard InChI is InChI=1S/C18H18N6O2/c19-16(25)13-5-3-7-20-17(13)23-8-10-24(11-9-23)18(26)15-12-4-1-2-6-14(12)21-22-15/h1-7H,8-11H2,(H2,19,25)(H,21,22). The molecule has 2 aromatic heterocycles. The number of pyridine rings is 1. The zero-order chi connectivity index (χ0) is 18.1. The van der Waals surface area contributed by atoms with E-state index in [4.69, 9.17) is 5.73 Å². The molecule has 8 nitrogen and oxygen atoms in total. The summed E-state index contributed by atoms with van der Waals surface area (Å²) < 4.78 is 0. The fourth-order valence-electron chi connectivity index (χ4n) is 3.24. The van der Waals surface area contributed by atoms with Crippen molar-refractivity contribution in [3.05, 3.63) is 53.9 Å². The number of nitrogens with two attached hydrogens (primary N) is 1. The number of para-hydroxylation sites is 1. The van der Waals surface area contributed by atoms with Crippen molar-refractivity contribution in [2.24, 2.45) is 5.73 Å². The summed E-state index contributed by atoms with van der Waals surface area (Å²) in [5, 5.41) is 7.90. The number of aromatic amines is 1. The lowest BCUT2D eigenvalue weighted by atomic mass is 10.1. The lowest BCUT2D eigenvalue weighted by Gasteiger charge is -2.35. The van der Waals surface area contributed by atoms with Crippen LogP contribution in [0.1, 0.15) is 20.8 Å². The molecule has 8 heteroatoms. The van der Waals surface area contributed by atoms with Crippen molar-refractivity contribution in [3.8, 4) is 0 Å². The summed E-state index contributed by atoms with van der Waals surface area (Å²) in [6, 6.07) is 10.9. The number of rotatable bonds is 3. The van der Waals surface area contributed by atoms with Crippen LogP contribution in [0.15, 0.2) is 42.6 Å². The SMILES string of the molecule is NC(=O)c1cccnc1N1CCN(C(=O)c2n[nH]c3ccccc23)CC1. The topological polar surface area (TPSA) is 108 Å². The Morgan fingerprint density at radius 1 is 1.04 bits per heavy atom. The molecule has 2 amide bonds. The number of piperazine rings is 1. The number of benzene rings is 1. The first kappa shape index (κ1) is 16.1. The first-order chi connectivity index (χ1) is 12.6. The Balaban J connectivity index is 1.50. The quantitative estimate of drug-likeness (QED) is 0.733. The molecule has 1 aliphatic heterocycles. The highest BCUT2D eigenvalue weighted by molar-refractivity contribution is 6.04. The average molecular weight is 350 g/mol. The molecule has 26 heavy (non-hydrogen) atoms.